The fourth-order valence-corrected chi connectivity index (χ4v) is 9.48. The lowest BCUT2D eigenvalue weighted by atomic mass is 10.1. The fraction of sp³-hybridized carbons (Fsp3) is 0.905. The molecule has 0 aliphatic carbocycles. The highest BCUT2D eigenvalue weighted by atomic mass is 28.4. The van der Waals surface area contributed by atoms with E-state index in [2.05, 4.69) is 60.3 Å². The number of hydrogen-bond acceptors (Lipinski definition) is 1. The van der Waals surface area contributed by atoms with E-state index >= 15 is 0 Å². The third-order valence-electron chi connectivity index (χ3n) is 5.06. The Labute approximate surface area is 148 Å². The van der Waals surface area contributed by atoms with Crippen molar-refractivity contribution in [3.05, 3.63) is 0 Å². The lowest BCUT2D eigenvalue weighted by Gasteiger charge is -2.42. The van der Waals surface area contributed by atoms with Crippen LogP contribution in [0.5, 0.6) is 0 Å². The van der Waals surface area contributed by atoms with Crippen molar-refractivity contribution in [1.82, 2.24) is 0 Å². The third-order valence-corrected chi connectivity index (χ3v) is 11.2. The molecular formula is C21H42OSi. The van der Waals surface area contributed by atoms with Gasteiger partial charge in [0.1, 0.15) is 0 Å². The second kappa shape index (κ2) is 13.1. The molecule has 136 valence electrons. The van der Waals surface area contributed by atoms with Gasteiger partial charge in [0.2, 0.25) is 0 Å². The minimum Gasteiger partial charge on any atom is -0.416 e. The number of unbranched alkanes of at least 4 members (excludes halogenated alkanes) is 6. The summed E-state index contributed by atoms with van der Waals surface area (Å²) in [6, 6.07) is 0. The van der Waals surface area contributed by atoms with Crippen LogP contribution in [0.1, 0.15) is 99.8 Å². The summed E-state index contributed by atoms with van der Waals surface area (Å²) in [7, 11) is -1.64. The zero-order chi connectivity index (χ0) is 17.7. The van der Waals surface area contributed by atoms with Gasteiger partial charge in [0.05, 0.1) is 0 Å². The fourth-order valence-electron chi connectivity index (χ4n) is 3.98. The van der Waals surface area contributed by atoms with E-state index in [0.717, 1.165) is 19.4 Å². The van der Waals surface area contributed by atoms with Crippen molar-refractivity contribution < 1.29 is 4.43 Å². The molecule has 0 aliphatic heterocycles. The molecule has 2 heteroatoms. The SMILES string of the molecule is CCC#CCCCCCCCCO[Si](C(C)C)(C(C)C)C(C)C. The molecule has 23 heavy (non-hydrogen) atoms. The zero-order valence-corrected chi connectivity index (χ0v) is 18.0. The molecule has 0 aromatic carbocycles. The van der Waals surface area contributed by atoms with E-state index in [0.29, 0.717) is 16.6 Å². The van der Waals surface area contributed by atoms with E-state index in [1.54, 1.807) is 0 Å². The number of hydrogen-bond donors (Lipinski definition) is 0. The second-order valence-corrected chi connectivity index (χ2v) is 13.2. The van der Waals surface area contributed by atoms with Crippen LogP contribution in [-0.2, 0) is 4.43 Å². The molecule has 0 N–H and O–H groups in total. The molecule has 0 saturated heterocycles. The third kappa shape index (κ3) is 8.41. The van der Waals surface area contributed by atoms with Crippen LogP contribution in [-0.4, -0.2) is 14.9 Å². The van der Waals surface area contributed by atoms with E-state index in [1.165, 1.54) is 38.5 Å². The van der Waals surface area contributed by atoms with E-state index in [1.807, 2.05) is 0 Å². The molecule has 0 heterocycles. The molecule has 0 radical (unpaired) electrons. The van der Waals surface area contributed by atoms with Gasteiger partial charge in [-0.1, -0.05) is 74.1 Å². The maximum absolute atomic E-state index is 6.61. The Balaban J connectivity index is 3.88. The molecular weight excluding hydrogens is 296 g/mol. The normalized spacial score (nSPS) is 12.1. The van der Waals surface area contributed by atoms with Crippen molar-refractivity contribution in [1.29, 1.82) is 0 Å². The van der Waals surface area contributed by atoms with Crippen LogP contribution < -0.4 is 0 Å². The first-order valence-corrected chi connectivity index (χ1v) is 12.1. The van der Waals surface area contributed by atoms with Gasteiger partial charge in [-0.25, -0.2) is 0 Å². The van der Waals surface area contributed by atoms with Gasteiger partial charge < -0.3 is 4.43 Å². The first-order valence-electron chi connectivity index (χ1n) is 9.99. The summed E-state index contributed by atoms with van der Waals surface area (Å²) in [5.41, 5.74) is 2.10. The van der Waals surface area contributed by atoms with Gasteiger partial charge in [0.25, 0.3) is 0 Å². The molecule has 0 amide bonds. The first-order chi connectivity index (χ1) is 10.9. The summed E-state index contributed by atoms with van der Waals surface area (Å²) in [5, 5.41) is 0. The average Bonchev–Trinajstić information content (AvgIpc) is 2.47. The summed E-state index contributed by atoms with van der Waals surface area (Å²) in [4.78, 5) is 0. The van der Waals surface area contributed by atoms with Crippen LogP contribution in [0.15, 0.2) is 0 Å². The van der Waals surface area contributed by atoms with Gasteiger partial charge in [-0.3, -0.25) is 0 Å². The van der Waals surface area contributed by atoms with Gasteiger partial charge in [-0.05, 0) is 29.5 Å². The van der Waals surface area contributed by atoms with Crippen molar-refractivity contribution in [2.24, 2.45) is 0 Å². The highest BCUT2D eigenvalue weighted by molar-refractivity contribution is 6.77. The van der Waals surface area contributed by atoms with Crippen LogP contribution in [0, 0.1) is 11.8 Å². The Hall–Kier alpha value is -0.263. The molecule has 0 rings (SSSR count). The quantitative estimate of drug-likeness (QED) is 0.206. The Morgan fingerprint density at radius 1 is 0.696 bits per heavy atom. The van der Waals surface area contributed by atoms with Crippen molar-refractivity contribution >= 4 is 8.32 Å². The largest absolute Gasteiger partial charge is 0.416 e. The van der Waals surface area contributed by atoms with Crippen molar-refractivity contribution in [2.45, 2.75) is 116 Å². The minimum absolute atomic E-state index is 0.701. The molecule has 0 bridgehead atoms. The maximum Gasteiger partial charge on any atom is 0.200 e. The smallest absolute Gasteiger partial charge is 0.200 e. The van der Waals surface area contributed by atoms with E-state index in [-0.39, 0.29) is 0 Å². The van der Waals surface area contributed by atoms with Crippen molar-refractivity contribution in [3.63, 3.8) is 0 Å². The predicted octanol–water partition coefficient (Wildman–Crippen LogP) is 7.32. The van der Waals surface area contributed by atoms with Gasteiger partial charge in [0.15, 0.2) is 8.32 Å². The first kappa shape index (κ1) is 22.7. The maximum atomic E-state index is 6.61. The number of rotatable bonds is 12. The summed E-state index contributed by atoms with van der Waals surface area (Å²) in [5.74, 6) is 6.37. The summed E-state index contributed by atoms with van der Waals surface area (Å²) in [6.45, 7) is 17.3. The van der Waals surface area contributed by atoms with Gasteiger partial charge in [-0.2, -0.15) is 0 Å². The summed E-state index contributed by atoms with van der Waals surface area (Å²) in [6.07, 6.45) is 9.95. The van der Waals surface area contributed by atoms with Crippen LogP contribution in [0.4, 0.5) is 0 Å². The summed E-state index contributed by atoms with van der Waals surface area (Å²) < 4.78 is 6.61. The van der Waals surface area contributed by atoms with E-state index in [4.69, 9.17) is 4.43 Å². The molecule has 0 saturated carbocycles. The van der Waals surface area contributed by atoms with Gasteiger partial charge in [-0.15, -0.1) is 11.8 Å². The molecule has 0 spiro atoms. The van der Waals surface area contributed by atoms with Crippen LogP contribution >= 0.6 is 0 Å². The van der Waals surface area contributed by atoms with Crippen LogP contribution in [0.25, 0.3) is 0 Å². The van der Waals surface area contributed by atoms with E-state index in [9.17, 15) is 0 Å². The average molecular weight is 339 g/mol. The van der Waals surface area contributed by atoms with Gasteiger partial charge >= 0.3 is 0 Å². The van der Waals surface area contributed by atoms with Crippen LogP contribution in [0.3, 0.4) is 0 Å². The zero-order valence-electron chi connectivity index (χ0n) is 17.0. The predicted molar refractivity (Wildman–Crippen MR) is 107 cm³/mol. The Morgan fingerprint density at radius 2 is 1.17 bits per heavy atom. The van der Waals surface area contributed by atoms with Crippen molar-refractivity contribution in [3.8, 4) is 11.8 Å². The summed E-state index contributed by atoms with van der Waals surface area (Å²) >= 11 is 0. The monoisotopic (exact) mass is 338 g/mol. The topological polar surface area (TPSA) is 9.23 Å². The molecule has 0 aromatic heterocycles. The lowest BCUT2D eigenvalue weighted by molar-refractivity contribution is 0.267. The Kier molecular flexibility index (Phi) is 12.9. The lowest BCUT2D eigenvalue weighted by Crippen LogP contribution is -2.47. The highest BCUT2D eigenvalue weighted by Gasteiger charge is 2.44. The van der Waals surface area contributed by atoms with Crippen molar-refractivity contribution in [2.75, 3.05) is 6.61 Å². The Morgan fingerprint density at radius 3 is 1.65 bits per heavy atom. The minimum atomic E-state index is -1.64. The standard InChI is InChI=1S/C21H42OSi/c1-8-9-10-11-12-13-14-15-16-17-18-22-23(19(2)3,20(4)5)21(6)7/h19-21H,8,11-18H2,1-7H3. The molecule has 0 fully saturated rings. The molecule has 0 unspecified atom stereocenters. The molecule has 0 aliphatic rings. The van der Waals surface area contributed by atoms with Crippen LogP contribution in [0.2, 0.25) is 16.6 Å². The molecule has 0 atom stereocenters. The van der Waals surface area contributed by atoms with Gasteiger partial charge in [0, 0.05) is 19.4 Å². The second-order valence-electron chi connectivity index (χ2n) is 7.74. The van der Waals surface area contributed by atoms with E-state index < -0.39 is 8.32 Å². The molecule has 1 nitrogen and oxygen atoms in total. The Bertz CT molecular complexity index is 314. The molecule has 0 aromatic rings. The highest BCUT2D eigenvalue weighted by Crippen LogP contribution is 2.42.